The quantitative estimate of drug-likeness (QED) is 0.857. The van der Waals surface area contributed by atoms with E-state index in [1.807, 2.05) is 12.1 Å². The molecule has 1 aromatic carbocycles. The molecule has 2 N–H and O–H groups in total. The monoisotopic (exact) mass is 340 g/mol. The van der Waals surface area contributed by atoms with Crippen molar-refractivity contribution in [1.82, 2.24) is 10.3 Å². The first-order valence-corrected chi connectivity index (χ1v) is 8.39. The van der Waals surface area contributed by atoms with Gasteiger partial charge in [-0.05, 0) is 36.6 Å². The highest BCUT2D eigenvalue weighted by Gasteiger charge is 2.38. The van der Waals surface area contributed by atoms with Crippen LogP contribution in [-0.2, 0) is 9.59 Å². The Morgan fingerprint density at radius 2 is 2.16 bits per heavy atom. The highest BCUT2D eigenvalue weighted by molar-refractivity contribution is 6.39. The number of rotatable bonds is 2. The molecular weight excluding hydrogens is 320 g/mol. The molecule has 0 bridgehead atoms. The van der Waals surface area contributed by atoms with Crippen molar-refractivity contribution in [2.45, 2.75) is 32.4 Å². The third kappa shape index (κ3) is 2.56. The van der Waals surface area contributed by atoms with Gasteiger partial charge in [0.2, 0.25) is 5.91 Å². The van der Waals surface area contributed by atoms with E-state index in [4.69, 9.17) is 4.74 Å². The second kappa shape index (κ2) is 5.91. The molecule has 0 aromatic heterocycles. The summed E-state index contributed by atoms with van der Waals surface area (Å²) in [7, 11) is 1.64. The fraction of sp³-hybridized carbons (Fsp3) is 0.389. The highest BCUT2D eigenvalue weighted by atomic mass is 16.5. The molecule has 1 saturated heterocycles. The molecule has 7 nitrogen and oxygen atoms in total. The molecule has 0 radical (unpaired) electrons. The number of ether oxygens (including phenoxy) is 1. The number of hydrazone groups is 1. The predicted molar refractivity (Wildman–Crippen MR) is 94.3 cm³/mol. The van der Waals surface area contributed by atoms with Crippen LogP contribution in [0.4, 0.5) is 5.69 Å². The van der Waals surface area contributed by atoms with Gasteiger partial charge >= 0.3 is 0 Å². The van der Waals surface area contributed by atoms with E-state index in [2.05, 4.69) is 28.8 Å². The van der Waals surface area contributed by atoms with Gasteiger partial charge in [-0.2, -0.15) is 5.10 Å². The van der Waals surface area contributed by atoms with Gasteiger partial charge in [0.05, 0.1) is 12.8 Å². The van der Waals surface area contributed by atoms with E-state index in [0.29, 0.717) is 25.1 Å². The van der Waals surface area contributed by atoms with Crippen LogP contribution in [0.3, 0.4) is 0 Å². The lowest BCUT2D eigenvalue weighted by Gasteiger charge is -2.32. The Bertz CT molecular complexity index is 828. The lowest BCUT2D eigenvalue weighted by atomic mass is 9.97. The molecule has 1 aromatic rings. The van der Waals surface area contributed by atoms with Gasteiger partial charge in [0.15, 0.2) is 0 Å². The maximum Gasteiger partial charge on any atom is 0.271 e. The lowest BCUT2D eigenvalue weighted by Crippen LogP contribution is -2.46. The van der Waals surface area contributed by atoms with E-state index in [-0.39, 0.29) is 18.0 Å². The van der Waals surface area contributed by atoms with Gasteiger partial charge in [-0.1, -0.05) is 6.07 Å². The van der Waals surface area contributed by atoms with Crippen LogP contribution in [0.2, 0.25) is 0 Å². The number of carbonyl (C=O) groups excluding carboxylic acids is 2. The van der Waals surface area contributed by atoms with Crippen molar-refractivity contribution >= 4 is 29.3 Å². The molecule has 130 valence electrons. The average molecular weight is 340 g/mol. The van der Waals surface area contributed by atoms with Gasteiger partial charge in [-0.25, -0.2) is 5.43 Å². The fourth-order valence-electron chi connectivity index (χ4n) is 3.58. The number of likely N-dealkylation sites (tertiary alicyclic amines) is 1. The van der Waals surface area contributed by atoms with Crippen molar-refractivity contribution < 1.29 is 14.3 Å². The number of fused-ring (bicyclic) bond motifs is 2. The molecule has 25 heavy (non-hydrogen) atoms. The number of benzene rings is 1. The zero-order valence-corrected chi connectivity index (χ0v) is 14.3. The van der Waals surface area contributed by atoms with Gasteiger partial charge in [0.1, 0.15) is 17.6 Å². The zero-order chi connectivity index (χ0) is 17.6. The van der Waals surface area contributed by atoms with Crippen LogP contribution >= 0.6 is 0 Å². The van der Waals surface area contributed by atoms with E-state index in [0.717, 1.165) is 23.4 Å². The Labute approximate surface area is 145 Å². The summed E-state index contributed by atoms with van der Waals surface area (Å²) < 4.78 is 5.47. The Morgan fingerprint density at radius 3 is 2.88 bits per heavy atom. The summed E-state index contributed by atoms with van der Waals surface area (Å²) >= 11 is 0. The lowest BCUT2D eigenvalue weighted by molar-refractivity contribution is -0.124. The zero-order valence-electron chi connectivity index (χ0n) is 14.3. The van der Waals surface area contributed by atoms with Crippen LogP contribution in [0.1, 0.15) is 30.4 Å². The van der Waals surface area contributed by atoms with Gasteiger partial charge in [0.25, 0.3) is 5.91 Å². The summed E-state index contributed by atoms with van der Waals surface area (Å²) in [5, 5.41) is 7.41. The number of nitrogens with one attached hydrogen (secondary N) is 2. The topological polar surface area (TPSA) is 83.0 Å². The molecule has 3 aliphatic rings. The molecule has 0 saturated carbocycles. The molecular formula is C18H20N4O3. The molecule has 0 aliphatic carbocycles. The van der Waals surface area contributed by atoms with Crippen LogP contribution < -0.4 is 15.5 Å². The van der Waals surface area contributed by atoms with Crippen LogP contribution in [0.25, 0.3) is 6.08 Å². The standard InChI is InChI=1S/C18H20N4O3/c1-10-3-5-14(25-2)16-12(10)9-11-7-8-22(17(11)19-16)18(24)13-4-6-15(23)21-20-13/h3,5,9,17,19H,4,6-8H2,1-2H3,(H,21,23). The summed E-state index contributed by atoms with van der Waals surface area (Å²) in [5.41, 5.74) is 7.17. The molecule has 1 unspecified atom stereocenters. The maximum absolute atomic E-state index is 12.8. The summed E-state index contributed by atoms with van der Waals surface area (Å²) in [6.45, 7) is 2.69. The van der Waals surface area contributed by atoms with E-state index >= 15 is 0 Å². The van der Waals surface area contributed by atoms with Crippen molar-refractivity contribution in [2.24, 2.45) is 5.10 Å². The number of hydrogen-bond acceptors (Lipinski definition) is 5. The normalized spacial score (nSPS) is 21.4. The summed E-state index contributed by atoms with van der Waals surface area (Å²) in [6.07, 6.45) is 3.46. The number of carbonyl (C=O) groups is 2. The first kappa shape index (κ1) is 15.7. The van der Waals surface area contributed by atoms with Gasteiger partial charge in [-0.3, -0.25) is 9.59 Å². The van der Waals surface area contributed by atoms with Crippen molar-refractivity contribution in [3.05, 3.63) is 28.8 Å². The van der Waals surface area contributed by atoms with Crippen molar-refractivity contribution in [1.29, 1.82) is 0 Å². The molecule has 0 spiro atoms. The van der Waals surface area contributed by atoms with Crippen LogP contribution in [0.15, 0.2) is 22.8 Å². The minimum atomic E-state index is -0.198. The number of methoxy groups -OCH3 is 1. The molecule has 1 fully saturated rings. The number of amides is 2. The van der Waals surface area contributed by atoms with E-state index < -0.39 is 0 Å². The third-order valence-electron chi connectivity index (χ3n) is 4.97. The van der Waals surface area contributed by atoms with E-state index in [9.17, 15) is 9.59 Å². The predicted octanol–water partition coefficient (Wildman–Crippen LogP) is 1.64. The van der Waals surface area contributed by atoms with Crippen LogP contribution in [0, 0.1) is 6.92 Å². The highest BCUT2D eigenvalue weighted by Crippen LogP contribution is 2.40. The third-order valence-corrected chi connectivity index (χ3v) is 4.97. The number of anilines is 1. The average Bonchev–Trinajstić information content (AvgIpc) is 3.04. The molecule has 3 aliphatic heterocycles. The molecule has 4 rings (SSSR count). The minimum absolute atomic E-state index is 0.129. The summed E-state index contributed by atoms with van der Waals surface area (Å²) in [5.74, 6) is 0.483. The van der Waals surface area contributed by atoms with Crippen LogP contribution in [0.5, 0.6) is 5.75 Å². The number of aryl methyl sites for hydroxylation is 1. The summed E-state index contributed by atoms with van der Waals surface area (Å²) in [4.78, 5) is 25.9. The van der Waals surface area contributed by atoms with Crippen molar-refractivity contribution in [3.8, 4) is 5.75 Å². The Kier molecular flexibility index (Phi) is 3.71. The second-order valence-corrected chi connectivity index (χ2v) is 6.48. The first-order valence-electron chi connectivity index (χ1n) is 8.39. The summed E-state index contributed by atoms with van der Waals surface area (Å²) in [6, 6.07) is 3.97. The maximum atomic E-state index is 12.8. The SMILES string of the molecule is COc1ccc(C)c2c1NC1C(=C2)CCN1C(=O)C1=NNC(=O)CC1. The fourth-order valence-corrected chi connectivity index (χ4v) is 3.58. The van der Waals surface area contributed by atoms with Gasteiger partial charge in [0, 0.05) is 24.9 Å². The largest absolute Gasteiger partial charge is 0.495 e. The molecule has 3 heterocycles. The number of nitrogens with zero attached hydrogens (tertiary/aromatic N) is 2. The smallest absolute Gasteiger partial charge is 0.271 e. The van der Waals surface area contributed by atoms with Crippen LogP contribution in [-0.4, -0.2) is 42.2 Å². The van der Waals surface area contributed by atoms with Crippen molar-refractivity contribution in [2.75, 3.05) is 19.0 Å². The second-order valence-electron chi connectivity index (χ2n) is 6.48. The van der Waals surface area contributed by atoms with E-state index in [1.54, 1.807) is 12.0 Å². The molecule has 2 amide bonds. The Hall–Kier alpha value is -2.83. The van der Waals surface area contributed by atoms with E-state index in [1.165, 1.54) is 11.1 Å². The molecule has 1 atom stereocenters. The Morgan fingerprint density at radius 1 is 1.32 bits per heavy atom. The number of hydrogen-bond donors (Lipinski definition) is 2. The molecule has 7 heteroatoms. The first-order chi connectivity index (χ1) is 12.1. The minimum Gasteiger partial charge on any atom is -0.495 e. The Balaban J connectivity index is 1.64. The van der Waals surface area contributed by atoms with Crippen molar-refractivity contribution in [3.63, 3.8) is 0 Å². The van der Waals surface area contributed by atoms with Gasteiger partial charge in [-0.15, -0.1) is 0 Å². The van der Waals surface area contributed by atoms with Gasteiger partial charge < -0.3 is 15.0 Å².